The fourth-order valence-corrected chi connectivity index (χ4v) is 2.66. The molecule has 0 spiro atoms. The van der Waals surface area contributed by atoms with Crippen molar-refractivity contribution in [3.8, 4) is 0 Å². The molecule has 2 heterocycles. The minimum absolute atomic E-state index is 0.414. The van der Waals surface area contributed by atoms with Gasteiger partial charge in [-0.3, -0.25) is 4.79 Å². The smallest absolute Gasteiger partial charge is 0.265 e. The zero-order chi connectivity index (χ0) is 12.5. The van der Waals surface area contributed by atoms with E-state index >= 15 is 0 Å². The molecule has 0 radical (unpaired) electrons. The third kappa shape index (κ3) is 1.78. The van der Waals surface area contributed by atoms with E-state index in [4.69, 9.17) is 5.73 Å². The van der Waals surface area contributed by atoms with Gasteiger partial charge < -0.3 is 10.3 Å². The van der Waals surface area contributed by atoms with Crippen LogP contribution in [0.4, 0.5) is 0 Å². The highest BCUT2D eigenvalue weighted by Gasteiger charge is 2.13. The maximum Gasteiger partial charge on any atom is 0.265 e. The normalized spacial score (nSPS) is 10.9. The lowest BCUT2D eigenvalue weighted by Gasteiger charge is -2.06. The fraction of sp³-hybridized carbons (Fsp3) is 0.0769. The van der Waals surface area contributed by atoms with Gasteiger partial charge in [0.05, 0.1) is 6.54 Å². The molecule has 0 unspecified atom stereocenters. The number of nitrogens with zero attached hydrogens (tertiary/aromatic N) is 2. The van der Waals surface area contributed by atoms with Crippen LogP contribution in [0.3, 0.4) is 0 Å². The average Bonchev–Trinajstić information content (AvgIpc) is 2.98. The maximum absolute atomic E-state index is 11.5. The van der Waals surface area contributed by atoms with Gasteiger partial charge in [-0.15, -0.1) is 11.3 Å². The molecule has 0 bridgehead atoms. The van der Waals surface area contributed by atoms with E-state index in [2.05, 4.69) is 4.98 Å². The van der Waals surface area contributed by atoms with Crippen LogP contribution >= 0.6 is 11.3 Å². The molecule has 18 heavy (non-hydrogen) atoms. The van der Waals surface area contributed by atoms with Crippen molar-refractivity contribution in [3.05, 3.63) is 52.6 Å². The molecule has 0 fully saturated rings. The summed E-state index contributed by atoms with van der Waals surface area (Å²) in [4.78, 5) is 15.7. The molecule has 0 saturated heterocycles. The highest BCUT2D eigenvalue weighted by molar-refractivity contribution is 7.09. The fourth-order valence-electron chi connectivity index (χ4n) is 2.05. The average molecular weight is 257 g/mol. The lowest BCUT2D eigenvalue weighted by Crippen LogP contribution is -2.17. The van der Waals surface area contributed by atoms with E-state index in [-0.39, 0.29) is 0 Å². The number of carbonyl (C=O) groups excluding carboxylic acids is 1. The number of carbonyl (C=O) groups is 1. The minimum atomic E-state index is -0.414. The molecule has 2 aromatic heterocycles. The summed E-state index contributed by atoms with van der Waals surface area (Å²) < 4.78 is 1.91. The molecular weight excluding hydrogens is 246 g/mol. The number of rotatable bonds is 3. The van der Waals surface area contributed by atoms with E-state index in [0.717, 1.165) is 15.9 Å². The Balaban J connectivity index is 2.18. The Labute approximate surface area is 108 Å². The van der Waals surface area contributed by atoms with Crippen LogP contribution in [0.25, 0.3) is 10.9 Å². The Morgan fingerprint density at radius 2 is 2.22 bits per heavy atom. The van der Waals surface area contributed by atoms with Crippen molar-refractivity contribution in [2.75, 3.05) is 0 Å². The number of fused-ring (bicyclic) bond motifs is 1. The standard InChI is InChI=1S/C13H11N3OS/c14-13(17)11-7-9-3-1-2-4-10(9)16(11)8-12-15-5-6-18-12/h1-7H,8H2,(H2,14,17). The first-order valence-corrected chi connectivity index (χ1v) is 6.40. The molecule has 3 rings (SSSR count). The minimum Gasteiger partial charge on any atom is -0.364 e. The van der Waals surface area contributed by atoms with Gasteiger partial charge in [0.15, 0.2) is 0 Å². The Morgan fingerprint density at radius 1 is 1.39 bits per heavy atom. The van der Waals surface area contributed by atoms with Gasteiger partial charge in [0.25, 0.3) is 5.91 Å². The van der Waals surface area contributed by atoms with Crippen LogP contribution in [0.2, 0.25) is 0 Å². The number of hydrogen-bond acceptors (Lipinski definition) is 3. The quantitative estimate of drug-likeness (QED) is 0.782. The van der Waals surface area contributed by atoms with Crippen molar-refractivity contribution in [2.45, 2.75) is 6.54 Å². The predicted molar refractivity (Wildman–Crippen MR) is 71.7 cm³/mol. The number of para-hydroxylation sites is 1. The summed E-state index contributed by atoms with van der Waals surface area (Å²) in [6.07, 6.45) is 1.76. The van der Waals surface area contributed by atoms with E-state index < -0.39 is 5.91 Å². The summed E-state index contributed by atoms with van der Waals surface area (Å²) in [6, 6.07) is 9.67. The molecule has 4 nitrogen and oxygen atoms in total. The molecule has 0 aliphatic rings. The number of thiazole rings is 1. The van der Waals surface area contributed by atoms with Gasteiger partial charge in [0, 0.05) is 22.5 Å². The maximum atomic E-state index is 11.5. The van der Waals surface area contributed by atoms with Gasteiger partial charge in [-0.1, -0.05) is 18.2 Å². The second-order valence-corrected chi connectivity index (χ2v) is 4.94. The van der Waals surface area contributed by atoms with Crippen LogP contribution < -0.4 is 5.73 Å². The molecule has 0 aliphatic carbocycles. The predicted octanol–water partition coefficient (Wildman–Crippen LogP) is 2.25. The summed E-state index contributed by atoms with van der Waals surface area (Å²) in [5.41, 5.74) is 6.95. The zero-order valence-corrected chi connectivity index (χ0v) is 10.4. The van der Waals surface area contributed by atoms with Crippen LogP contribution in [-0.2, 0) is 6.54 Å². The van der Waals surface area contributed by atoms with Crippen molar-refractivity contribution in [1.82, 2.24) is 9.55 Å². The first-order chi connectivity index (χ1) is 8.75. The van der Waals surface area contributed by atoms with Crippen molar-refractivity contribution in [3.63, 3.8) is 0 Å². The highest BCUT2D eigenvalue weighted by atomic mass is 32.1. The Bertz CT molecular complexity index is 700. The van der Waals surface area contributed by atoms with Gasteiger partial charge in [-0.2, -0.15) is 0 Å². The summed E-state index contributed by atoms with van der Waals surface area (Å²) >= 11 is 1.57. The van der Waals surface area contributed by atoms with Crippen LogP contribution in [0.5, 0.6) is 0 Å². The van der Waals surface area contributed by atoms with Crippen molar-refractivity contribution in [1.29, 1.82) is 0 Å². The topological polar surface area (TPSA) is 60.9 Å². The largest absolute Gasteiger partial charge is 0.364 e. The summed E-state index contributed by atoms with van der Waals surface area (Å²) in [5.74, 6) is -0.414. The third-order valence-electron chi connectivity index (χ3n) is 2.84. The Kier molecular flexibility index (Phi) is 2.60. The SMILES string of the molecule is NC(=O)c1cc2ccccc2n1Cc1nccs1. The van der Waals surface area contributed by atoms with Crippen LogP contribution in [0.15, 0.2) is 41.9 Å². The van der Waals surface area contributed by atoms with Crippen molar-refractivity contribution in [2.24, 2.45) is 5.73 Å². The number of benzene rings is 1. The van der Waals surface area contributed by atoms with Gasteiger partial charge in [-0.05, 0) is 12.1 Å². The third-order valence-corrected chi connectivity index (χ3v) is 3.60. The number of nitrogens with two attached hydrogens (primary N) is 1. The molecule has 0 aliphatic heterocycles. The zero-order valence-electron chi connectivity index (χ0n) is 9.54. The molecule has 90 valence electrons. The van der Waals surface area contributed by atoms with Crippen molar-refractivity contribution >= 4 is 28.1 Å². The molecule has 3 aromatic rings. The van der Waals surface area contributed by atoms with E-state index in [1.54, 1.807) is 17.5 Å². The Hall–Kier alpha value is -2.14. The molecule has 5 heteroatoms. The first kappa shape index (κ1) is 11.0. The summed E-state index contributed by atoms with van der Waals surface area (Å²) in [7, 11) is 0. The monoisotopic (exact) mass is 257 g/mol. The van der Waals surface area contributed by atoms with E-state index in [0.29, 0.717) is 12.2 Å². The highest BCUT2D eigenvalue weighted by Crippen LogP contribution is 2.21. The van der Waals surface area contributed by atoms with Gasteiger partial charge in [0.1, 0.15) is 10.7 Å². The number of primary amides is 1. The molecular formula is C13H11N3OS. The number of aromatic nitrogens is 2. The molecule has 1 aromatic carbocycles. The first-order valence-electron chi connectivity index (χ1n) is 5.52. The lowest BCUT2D eigenvalue weighted by atomic mass is 10.2. The molecule has 0 atom stereocenters. The van der Waals surface area contributed by atoms with E-state index in [1.165, 1.54) is 0 Å². The summed E-state index contributed by atoms with van der Waals surface area (Å²) in [6.45, 7) is 0.573. The second-order valence-electron chi connectivity index (χ2n) is 3.96. The molecule has 1 amide bonds. The van der Waals surface area contributed by atoms with Crippen LogP contribution in [0, 0.1) is 0 Å². The van der Waals surface area contributed by atoms with E-state index in [9.17, 15) is 4.79 Å². The van der Waals surface area contributed by atoms with Crippen LogP contribution in [0.1, 0.15) is 15.5 Å². The molecule has 2 N–H and O–H groups in total. The van der Waals surface area contributed by atoms with Gasteiger partial charge in [0.2, 0.25) is 0 Å². The van der Waals surface area contributed by atoms with E-state index in [1.807, 2.05) is 40.3 Å². The second kappa shape index (κ2) is 4.27. The Morgan fingerprint density at radius 3 is 2.94 bits per heavy atom. The number of amides is 1. The lowest BCUT2D eigenvalue weighted by molar-refractivity contribution is 0.0992. The van der Waals surface area contributed by atoms with Crippen molar-refractivity contribution < 1.29 is 4.79 Å². The number of hydrogen-bond donors (Lipinski definition) is 1. The van der Waals surface area contributed by atoms with Crippen LogP contribution in [-0.4, -0.2) is 15.5 Å². The van der Waals surface area contributed by atoms with Gasteiger partial charge >= 0.3 is 0 Å². The van der Waals surface area contributed by atoms with Gasteiger partial charge in [-0.25, -0.2) is 4.98 Å². The summed E-state index contributed by atoms with van der Waals surface area (Å²) in [5, 5.41) is 3.90. The molecule has 0 saturated carbocycles.